The summed E-state index contributed by atoms with van der Waals surface area (Å²) in [5, 5.41) is 4.52. The van der Waals surface area contributed by atoms with Gasteiger partial charge in [0.1, 0.15) is 11.3 Å². The average Bonchev–Trinajstić information content (AvgIpc) is 2.95. The Bertz CT molecular complexity index is 844. The van der Waals surface area contributed by atoms with E-state index in [-0.39, 0.29) is 5.60 Å². The maximum Gasteiger partial charge on any atom is 0.129 e. The first-order valence-corrected chi connectivity index (χ1v) is 9.74. The Morgan fingerprint density at radius 1 is 0.963 bits per heavy atom. The highest BCUT2D eigenvalue weighted by Gasteiger charge is 2.26. The van der Waals surface area contributed by atoms with Crippen LogP contribution >= 0.6 is 0 Å². The van der Waals surface area contributed by atoms with Crippen LogP contribution in [0.2, 0.25) is 0 Å². The molecule has 0 spiro atoms. The molecule has 0 saturated carbocycles. The zero-order chi connectivity index (χ0) is 19.3. The summed E-state index contributed by atoms with van der Waals surface area (Å²) in [5.74, 6) is 0. The van der Waals surface area contributed by atoms with E-state index in [0.29, 0.717) is 0 Å². The number of oxime groups is 1. The van der Waals surface area contributed by atoms with Gasteiger partial charge in [0, 0.05) is 24.3 Å². The van der Waals surface area contributed by atoms with E-state index in [0.717, 1.165) is 42.9 Å². The predicted molar refractivity (Wildman–Crippen MR) is 113 cm³/mol. The van der Waals surface area contributed by atoms with Gasteiger partial charge in [-0.3, -0.25) is 0 Å². The summed E-state index contributed by atoms with van der Waals surface area (Å²) < 4.78 is 5.39. The number of fused-ring (bicyclic) bond motifs is 3. The molecular formula is C24H29NO2. The van der Waals surface area contributed by atoms with Gasteiger partial charge in [-0.25, -0.2) is 0 Å². The molecule has 0 aliphatic heterocycles. The van der Waals surface area contributed by atoms with Crippen molar-refractivity contribution in [2.45, 2.75) is 46.1 Å². The topological polar surface area (TPSA) is 30.8 Å². The molecule has 3 heteroatoms. The molecule has 0 atom stereocenters. The van der Waals surface area contributed by atoms with Crippen LogP contribution in [0.3, 0.4) is 0 Å². The molecule has 0 heterocycles. The lowest BCUT2D eigenvalue weighted by Crippen LogP contribution is -2.17. The van der Waals surface area contributed by atoms with Crippen molar-refractivity contribution in [2.24, 2.45) is 5.16 Å². The van der Waals surface area contributed by atoms with Gasteiger partial charge in [-0.15, -0.1) is 0 Å². The van der Waals surface area contributed by atoms with Crippen LogP contribution in [-0.4, -0.2) is 24.5 Å². The maximum atomic E-state index is 5.76. The number of nitrogens with zero attached hydrogens (tertiary/aromatic N) is 1. The van der Waals surface area contributed by atoms with Crippen LogP contribution in [-0.2, 0) is 9.57 Å². The zero-order valence-corrected chi connectivity index (χ0v) is 16.8. The summed E-state index contributed by atoms with van der Waals surface area (Å²) in [6, 6.07) is 15.0. The third-order valence-electron chi connectivity index (χ3n) is 4.36. The van der Waals surface area contributed by atoms with Crippen LogP contribution in [0, 0.1) is 0 Å². The fourth-order valence-electron chi connectivity index (χ4n) is 3.11. The van der Waals surface area contributed by atoms with Crippen molar-refractivity contribution in [3.8, 4) is 11.1 Å². The van der Waals surface area contributed by atoms with Crippen molar-refractivity contribution in [3.63, 3.8) is 0 Å². The summed E-state index contributed by atoms with van der Waals surface area (Å²) in [5.41, 5.74) is 6.49. The molecule has 1 aliphatic carbocycles. The molecular weight excluding hydrogens is 334 g/mol. The van der Waals surface area contributed by atoms with Gasteiger partial charge in [-0.1, -0.05) is 53.7 Å². The van der Waals surface area contributed by atoms with E-state index in [1.807, 2.05) is 27.7 Å². The Balaban J connectivity index is 1.85. The average molecular weight is 364 g/mol. The highest BCUT2D eigenvalue weighted by molar-refractivity contribution is 6.24. The molecule has 0 saturated heterocycles. The molecule has 27 heavy (non-hydrogen) atoms. The molecule has 2 aromatic rings. The molecule has 142 valence electrons. The third kappa shape index (κ3) is 4.86. The Hall–Kier alpha value is -2.39. The molecule has 0 amide bonds. The van der Waals surface area contributed by atoms with Crippen LogP contribution < -0.4 is 0 Å². The number of unbranched alkanes of at least 4 members (excludes halogenated alkanes) is 1. The molecule has 0 fully saturated rings. The van der Waals surface area contributed by atoms with Crippen LogP contribution in [0.15, 0.2) is 53.7 Å². The Kier molecular flexibility index (Phi) is 6.12. The maximum absolute atomic E-state index is 5.76. The van der Waals surface area contributed by atoms with E-state index in [1.54, 1.807) is 0 Å². The van der Waals surface area contributed by atoms with Gasteiger partial charge in [0.2, 0.25) is 0 Å². The second-order valence-corrected chi connectivity index (χ2v) is 7.74. The minimum absolute atomic E-state index is 0.317. The Labute approximate surface area is 162 Å². The van der Waals surface area contributed by atoms with Crippen LogP contribution in [0.25, 0.3) is 17.2 Å². The minimum Gasteiger partial charge on any atom is -0.390 e. The SMILES string of the molecule is CCOCCC/C=C/c1ccc2c(c1)/C(=N/OC(C)(C)C)c1ccccc1-2. The van der Waals surface area contributed by atoms with Crippen molar-refractivity contribution in [1.82, 2.24) is 0 Å². The molecule has 2 aromatic carbocycles. The first-order valence-electron chi connectivity index (χ1n) is 9.74. The number of allylic oxidation sites excluding steroid dienone is 1. The van der Waals surface area contributed by atoms with Crippen molar-refractivity contribution in [2.75, 3.05) is 13.2 Å². The van der Waals surface area contributed by atoms with Gasteiger partial charge < -0.3 is 9.57 Å². The van der Waals surface area contributed by atoms with Crippen LogP contribution in [0.4, 0.5) is 0 Å². The highest BCUT2D eigenvalue weighted by Crippen LogP contribution is 2.37. The second kappa shape index (κ2) is 8.53. The van der Waals surface area contributed by atoms with Crippen LogP contribution in [0.1, 0.15) is 57.2 Å². The molecule has 3 rings (SSSR count). The standard InChI is InChI=1S/C24H29NO2/c1-5-26-16-10-6-7-11-18-14-15-20-19-12-8-9-13-21(19)23(22(20)17-18)25-27-24(2,3)4/h7-9,11-15,17H,5-6,10,16H2,1-4H3/b11-7+,25-23+. The number of hydrogen-bond donors (Lipinski definition) is 0. The quantitative estimate of drug-likeness (QED) is 0.377. The zero-order valence-electron chi connectivity index (χ0n) is 16.8. The lowest BCUT2D eigenvalue weighted by atomic mass is 10.0. The lowest BCUT2D eigenvalue weighted by molar-refractivity contribution is 0.00121. The molecule has 0 unspecified atom stereocenters. The predicted octanol–water partition coefficient (Wildman–Crippen LogP) is 6.06. The van der Waals surface area contributed by atoms with E-state index in [9.17, 15) is 0 Å². The van der Waals surface area contributed by atoms with Gasteiger partial charge in [-0.2, -0.15) is 0 Å². The number of benzene rings is 2. The lowest BCUT2D eigenvalue weighted by Gasteiger charge is -2.16. The fraction of sp³-hybridized carbons (Fsp3) is 0.375. The minimum atomic E-state index is -0.317. The van der Waals surface area contributed by atoms with Gasteiger partial charge in [0.05, 0.1) is 0 Å². The molecule has 0 radical (unpaired) electrons. The van der Waals surface area contributed by atoms with Crippen molar-refractivity contribution >= 4 is 11.8 Å². The third-order valence-corrected chi connectivity index (χ3v) is 4.36. The Morgan fingerprint density at radius 2 is 1.70 bits per heavy atom. The monoisotopic (exact) mass is 363 g/mol. The van der Waals surface area contributed by atoms with Gasteiger partial charge in [0.15, 0.2) is 0 Å². The summed E-state index contributed by atoms with van der Waals surface area (Å²) in [4.78, 5) is 5.76. The Morgan fingerprint density at radius 3 is 2.44 bits per heavy atom. The van der Waals surface area contributed by atoms with Crippen molar-refractivity contribution in [1.29, 1.82) is 0 Å². The van der Waals surface area contributed by atoms with Gasteiger partial charge in [-0.05, 0) is 63.3 Å². The van der Waals surface area contributed by atoms with E-state index < -0.39 is 0 Å². The number of hydrogen-bond acceptors (Lipinski definition) is 3. The molecule has 0 aromatic heterocycles. The first-order chi connectivity index (χ1) is 13.0. The van der Waals surface area contributed by atoms with E-state index in [4.69, 9.17) is 9.57 Å². The molecule has 0 bridgehead atoms. The van der Waals surface area contributed by atoms with Crippen molar-refractivity contribution in [3.05, 3.63) is 65.2 Å². The largest absolute Gasteiger partial charge is 0.390 e. The summed E-state index contributed by atoms with van der Waals surface area (Å²) in [6.07, 6.45) is 6.46. The van der Waals surface area contributed by atoms with Crippen LogP contribution in [0.5, 0.6) is 0 Å². The molecule has 3 nitrogen and oxygen atoms in total. The van der Waals surface area contributed by atoms with E-state index in [1.165, 1.54) is 16.7 Å². The molecule has 0 N–H and O–H groups in total. The smallest absolute Gasteiger partial charge is 0.129 e. The number of rotatable bonds is 7. The fourth-order valence-corrected chi connectivity index (χ4v) is 3.11. The van der Waals surface area contributed by atoms with Gasteiger partial charge in [0.25, 0.3) is 0 Å². The van der Waals surface area contributed by atoms with Gasteiger partial charge >= 0.3 is 0 Å². The van der Waals surface area contributed by atoms with E-state index >= 15 is 0 Å². The van der Waals surface area contributed by atoms with Crippen molar-refractivity contribution < 1.29 is 9.57 Å². The highest BCUT2D eigenvalue weighted by atomic mass is 16.6. The summed E-state index contributed by atoms with van der Waals surface area (Å²) in [6.45, 7) is 9.68. The first kappa shape index (κ1) is 19.4. The molecule has 1 aliphatic rings. The second-order valence-electron chi connectivity index (χ2n) is 7.74. The normalized spacial score (nSPS) is 14.6. The summed E-state index contributed by atoms with van der Waals surface area (Å²) in [7, 11) is 0. The summed E-state index contributed by atoms with van der Waals surface area (Å²) >= 11 is 0. The number of ether oxygens (including phenoxy) is 1. The van der Waals surface area contributed by atoms with E-state index in [2.05, 4.69) is 59.8 Å².